The third-order valence-electron chi connectivity index (χ3n) is 5.06. The van der Waals surface area contributed by atoms with Crippen molar-refractivity contribution < 1.29 is 4.79 Å². The second-order valence-electron chi connectivity index (χ2n) is 7.23. The SMILES string of the molecule is Cc1ccc(NC(=O)Cn2c3ncccc3c(=O)n2-c2ccc(C)c(C)c2)cc1. The molecule has 2 heterocycles. The van der Waals surface area contributed by atoms with Crippen LogP contribution < -0.4 is 10.9 Å². The van der Waals surface area contributed by atoms with Crippen LogP contribution in [0.2, 0.25) is 0 Å². The van der Waals surface area contributed by atoms with Gasteiger partial charge in [0.1, 0.15) is 6.54 Å². The van der Waals surface area contributed by atoms with Crippen molar-refractivity contribution in [3.05, 3.63) is 87.8 Å². The molecular formula is C23H22N4O2. The highest BCUT2D eigenvalue weighted by molar-refractivity contribution is 5.91. The molecule has 2 aromatic carbocycles. The Balaban J connectivity index is 1.78. The number of carbonyl (C=O) groups excluding carboxylic acids is 1. The first kappa shape index (κ1) is 18.7. The predicted octanol–water partition coefficient (Wildman–Crippen LogP) is 3.75. The monoisotopic (exact) mass is 386 g/mol. The van der Waals surface area contributed by atoms with Gasteiger partial charge in [-0.15, -0.1) is 0 Å². The van der Waals surface area contributed by atoms with E-state index in [9.17, 15) is 9.59 Å². The molecule has 0 spiro atoms. The van der Waals surface area contributed by atoms with Crippen LogP contribution >= 0.6 is 0 Å². The molecule has 0 aliphatic rings. The van der Waals surface area contributed by atoms with Gasteiger partial charge >= 0.3 is 0 Å². The van der Waals surface area contributed by atoms with E-state index in [4.69, 9.17) is 0 Å². The van der Waals surface area contributed by atoms with Crippen molar-refractivity contribution in [2.24, 2.45) is 0 Å². The minimum absolute atomic E-state index is 0.0312. The van der Waals surface area contributed by atoms with Crippen LogP contribution in [0.1, 0.15) is 16.7 Å². The molecule has 0 saturated carbocycles. The first-order valence-electron chi connectivity index (χ1n) is 9.45. The van der Waals surface area contributed by atoms with Crippen molar-refractivity contribution in [3.63, 3.8) is 0 Å². The number of amides is 1. The van der Waals surface area contributed by atoms with Gasteiger partial charge in [0.15, 0.2) is 5.65 Å². The molecule has 0 aliphatic heterocycles. The number of carbonyl (C=O) groups is 1. The molecule has 146 valence electrons. The quantitative estimate of drug-likeness (QED) is 0.581. The van der Waals surface area contributed by atoms with Crippen molar-refractivity contribution >= 4 is 22.6 Å². The highest BCUT2D eigenvalue weighted by atomic mass is 16.2. The molecule has 1 amide bonds. The molecule has 0 bridgehead atoms. The van der Waals surface area contributed by atoms with E-state index < -0.39 is 0 Å². The van der Waals surface area contributed by atoms with E-state index in [2.05, 4.69) is 10.3 Å². The third-order valence-corrected chi connectivity index (χ3v) is 5.06. The normalized spacial score (nSPS) is 11.0. The predicted molar refractivity (Wildman–Crippen MR) is 115 cm³/mol. The average molecular weight is 386 g/mol. The van der Waals surface area contributed by atoms with Crippen molar-refractivity contribution in [2.75, 3.05) is 5.32 Å². The average Bonchev–Trinajstić information content (AvgIpc) is 2.98. The number of aromatic nitrogens is 3. The molecule has 29 heavy (non-hydrogen) atoms. The second-order valence-corrected chi connectivity index (χ2v) is 7.23. The number of hydrogen-bond donors (Lipinski definition) is 1. The van der Waals surface area contributed by atoms with Gasteiger partial charge in [-0.3, -0.25) is 14.3 Å². The summed E-state index contributed by atoms with van der Waals surface area (Å²) in [7, 11) is 0. The maximum atomic E-state index is 13.1. The largest absolute Gasteiger partial charge is 0.324 e. The standard InChI is InChI=1S/C23H22N4O2/c1-15-6-9-18(10-7-15)25-21(28)14-26-22-20(5-4-12-24-22)23(29)27(26)19-11-8-16(2)17(3)13-19/h4-13H,14H2,1-3H3,(H,25,28). The zero-order chi connectivity index (χ0) is 20.5. The van der Waals surface area contributed by atoms with Gasteiger partial charge in [-0.1, -0.05) is 23.8 Å². The molecule has 6 nitrogen and oxygen atoms in total. The van der Waals surface area contributed by atoms with Crippen LogP contribution in [-0.2, 0) is 11.3 Å². The summed E-state index contributed by atoms with van der Waals surface area (Å²) in [4.78, 5) is 30.2. The third kappa shape index (κ3) is 3.57. The Bertz CT molecular complexity index is 1270. The van der Waals surface area contributed by atoms with Gasteiger partial charge in [0.05, 0.1) is 11.1 Å². The fraction of sp³-hybridized carbons (Fsp3) is 0.174. The zero-order valence-electron chi connectivity index (χ0n) is 16.6. The number of pyridine rings is 1. The van der Waals surface area contributed by atoms with Crippen LogP contribution in [0.15, 0.2) is 65.6 Å². The van der Waals surface area contributed by atoms with Crippen LogP contribution in [0.3, 0.4) is 0 Å². The van der Waals surface area contributed by atoms with Gasteiger partial charge in [-0.05, 0) is 68.3 Å². The molecule has 4 aromatic rings. The Morgan fingerprint density at radius 2 is 1.76 bits per heavy atom. The Morgan fingerprint density at radius 1 is 1.00 bits per heavy atom. The number of anilines is 1. The minimum atomic E-state index is -0.228. The summed E-state index contributed by atoms with van der Waals surface area (Å²) in [5.41, 5.74) is 5.04. The summed E-state index contributed by atoms with van der Waals surface area (Å²) >= 11 is 0. The summed E-state index contributed by atoms with van der Waals surface area (Å²) in [5.74, 6) is -0.228. The molecule has 0 saturated heterocycles. The summed E-state index contributed by atoms with van der Waals surface area (Å²) in [6.07, 6.45) is 1.63. The van der Waals surface area contributed by atoms with Gasteiger partial charge in [0.2, 0.25) is 5.91 Å². The van der Waals surface area contributed by atoms with Crippen molar-refractivity contribution in [1.29, 1.82) is 0 Å². The van der Waals surface area contributed by atoms with E-state index >= 15 is 0 Å². The lowest BCUT2D eigenvalue weighted by molar-refractivity contribution is -0.116. The fourth-order valence-corrected chi connectivity index (χ4v) is 3.32. The smallest absolute Gasteiger partial charge is 0.280 e. The number of nitrogens with one attached hydrogen (secondary N) is 1. The molecule has 2 aromatic heterocycles. The summed E-state index contributed by atoms with van der Waals surface area (Å²) in [6.45, 7) is 5.98. The van der Waals surface area contributed by atoms with E-state index in [0.29, 0.717) is 22.4 Å². The number of rotatable bonds is 4. The molecule has 4 rings (SSSR count). The lowest BCUT2D eigenvalue weighted by atomic mass is 10.1. The Morgan fingerprint density at radius 3 is 2.48 bits per heavy atom. The lowest BCUT2D eigenvalue weighted by Gasteiger charge is -2.14. The maximum absolute atomic E-state index is 13.1. The highest BCUT2D eigenvalue weighted by Crippen LogP contribution is 2.17. The zero-order valence-corrected chi connectivity index (χ0v) is 16.6. The number of aryl methyl sites for hydroxylation is 3. The number of nitrogens with zero attached hydrogens (tertiary/aromatic N) is 3. The maximum Gasteiger partial charge on any atom is 0.280 e. The Hall–Kier alpha value is -3.67. The Kier molecular flexibility index (Phi) is 4.76. The van der Waals surface area contributed by atoms with E-state index in [-0.39, 0.29) is 18.0 Å². The number of hydrogen-bond acceptors (Lipinski definition) is 3. The molecule has 0 radical (unpaired) electrons. The van der Waals surface area contributed by atoms with Crippen LogP contribution in [0.4, 0.5) is 5.69 Å². The first-order chi connectivity index (χ1) is 13.9. The molecule has 0 aliphatic carbocycles. The van der Waals surface area contributed by atoms with Gasteiger partial charge in [-0.2, -0.15) is 0 Å². The molecule has 0 unspecified atom stereocenters. The van der Waals surface area contributed by atoms with Crippen LogP contribution in [0.5, 0.6) is 0 Å². The Labute approximate surface area is 168 Å². The van der Waals surface area contributed by atoms with Crippen LogP contribution in [-0.4, -0.2) is 20.3 Å². The van der Waals surface area contributed by atoms with E-state index in [1.54, 1.807) is 23.0 Å². The summed E-state index contributed by atoms with van der Waals surface area (Å²) < 4.78 is 3.16. The van der Waals surface area contributed by atoms with Gasteiger partial charge in [0.25, 0.3) is 5.56 Å². The van der Waals surface area contributed by atoms with Crippen molar-refractivity contribution in [2.45, 2.75) is 27.3 Å². The molecule has 1 N–H and O–H groups in total. The fourth-order valence-electron chi connectivity index (χ4n) is 3.32. The molecular weight excluding hydrogens is 364 g/mol. The van der Waals surface area contributed by atoms with E-state index in [1.165, 1.54) is 4.68 Å². The minimum Gasteiger partial charge on any atom is -0.324 e. The van der Waals surface area contributed by atoms with Gasteiger partial charge in [-0.25, -0.2) is 9.67 Å². The second kappa shape index (κ2) is 7.39. The van der Waals surface area contributed by atoms with Crippen LogP contribution in [0, 0.1) is 20.8 Å². The molecule has 6 heteroatoms. The van der Waals surface area contributed by atoms with Gasteiger partial charge in [0, 0.05) is 11.9 Å². The van der Waals surface area contributed by atoms with Crippen molar-refractivity contribution in [1.82, 2.24) is 14.3 Å². The topological polar surface area (TPSA) is 68.9 Å². The summed E-state index contributed by atoms with van der Waals surface area (Å²) in [6, 6.07) is 16.9. The molecule has 0 atom stereocenters. The number of benzene rings is 2. The first-order valence-corrected chi connectivity index (χ1v) is 9.45. The summed E-state index contributed by atoms with van der Waals surface area (Å²) in [5, 5.41) is 3.37. The highest BCUT2D eigenvalue weighted by Gasteiger charge is 2.18. The molecule has 0 fully saturated rings. The van der Waals surface area contributed by atoms with E-state index in [1.807, 2.05) is 63.2 Å². The van der Waals surface area contributed by atoms with Crippen LogP contribution in [0.25, 0.3) is 16.7 Å². The van der Waals surface area contributed by atoms with Gasteiger partial charge < -0.3 is 5.32 Å². The van der Waals surface area contributed by atoms with Crippen molar-refractivity contribution in [3.8, 4) is 5.69 Å². The number of fused-ring (bicyclic) bond motifs is 1. The van der Waals surface area contributed by atoms with E-state index in [0.717, 1.165) is 16.7 Å². The lowest BCUT2D eigenvalue weighted by Crippen LogP contribution is -2.27.